The monoisotopic (exact) mass is 211 g/mol. The Hall–Kier alpha value is -0.960. The van der Waals surface area contributed by atoms with Gasteiger partial charge in [-0.05, 0) is 32.1 Å². The lowest BCUT2D eigenvalue weighted by atomic mass is 9.95. The van der Waals surface area contributed by atoms with Crippen LogP contribution in [0.5, 0.6) is 0 Å². The molecule has 0 bridgehead atoms. The second-order valence-corrected chi connectivity index (χ2v) is 4.31. The van der Waals surface area contributed by atoms with Gasteiger partial charge in [0.05, 0.1) is 5.60 Å². The van der Waals surface area contributed by atoms with E-state index < -0.39 is 11.6 Å². The average molecular weight is 211 g/mol. The van der Waals surface area contributed by atoms with Crippen LogP contribution in [-0.4, -0.2) is 23.7 Å². The molecule has 0 aromatic rings. The second kappa shape index (κ2) is 4.71. The van der Waals surface area contributed by atoms with Crippen LogP contribution in [0.3, 0.4) is 0 Å². The lowest BCUT2D eigenvalue weighted by Crippen LogP contribution is -2.19. The minimum atomic E-state index is -0.668. The van der Waals surface area contributed by atoms with E-state index in [0.717, 1.165) is 6.42 Å². The Morgan fingerprint density at radius 3 is 2.73 bits per heavy atom. The van der Waals surface area contributed by atoms with Crippen molar-refractivity contribution in [1.82, 2.24) is 0 Å². The molecular weight excluding hydrogens is 193 g/mol. The predicted molar refractivity (Wildman–Crippen MR) is 60.7 cm³/mol. The minimum absolute atomic E-state index is 0.0571. The molecule has 0 aromatic carbocycles. The molecule has 0 spiro atoms. The Balaban J connectivity index is 2.85. The van der Waals surface area contributed by atoms with E-state index in [2.05, 4.69) is 11.6 Å². The van der Waals surface area contributed by atoms with Crippen LogP contribution in [0.4, 0.5) is 4.39 Å². The first kappa shape index (κ1) is 12.1. The fourth-order valence-electron chi connectivity index (χ4n) is 2.11. The van der Waals surface area contributed by atoms with Gasteiger partial charge >= 0.3 is 0 Å². The maximum absolute atomic E-state index is 13.4. The standard InChI is InChI=1S/C12H18FNO/c1-4-5-10(11(13)14-3)9-6-7-12(2,15)8-9/h4-5,9,15H,1,6-8H2,2-3H3/b10-5-,14-11?. The summed E-state index contributed by atoms with van der Waals surface area (Å²) in [6.45, 7) is 5.36. The van der Waals surface area contributed by atoms with Gasteiger partial charge in [-0.15, -0.1) is 0 Å². The van der Waals surface area contributed by atoms with E-state index in [1.807, 2.05) is 0 Å². The van der Waals surface area contributed by atoms with Crippen LogP contribution in [0, 0.1) is 5.92 Å². The number of aliphatic hydroxyl groups is 1. The highest BCUT2D eigenvalue weighted by Gasteiger charge is 2.35. The Kier molecular flexibility index (Phi) is 3.80. The van der Waals surface area contributed by atoms with Crippen molar-refractivity contribution in [2.45, 2.75) is 31.8 Å². The Morgan fingerprint density at radius 2 is 2.33 bits per heavy atom. The van der Waals surface area contributed by atoms with Gasteiger partial charge in [0, 0.05) is 12.6 Å². The molecule has 0 aliphatic heterocycles. The Labute approximate surface area is 90.2 Å². The quantitative estimate of drug-likeness (QED) is 0.565. The number of allylic oxidation sites excluding steroid dienone is 3. The van der Waals surface area contributed by atoms with E-state index in [-0.39, 0.29) is 5.92 Å². The highest BCUT2D eigenvalue weighted by atomic mass is 19.1. The third kappa shape index (κ3) is 2.99. The summed E-state index contributed by atoms with van der Waals surface area (Å²) < 4.78 is 13.4. The highest BCUT2D eigenvalue weighted by molar-refractivity contribution is 5.93. The first-order valence-corrected chi connectivity index (χ1v) is 5.18. The number of hydrogen-bond acceptors (Lipinski definition) is 2. The molecule has 0 amide bonds. The van der Waals surface area contributed by atoms with E-state index >= 15 is 0 Å². The van der Waals surface area contributed by atoms with E-state index in [4.69, 9.17) is 0 Å². The normalized spacial score (nSPS) is 33.2. The van der Waals surface area contributed by atoms with Crippen molar-refractivity contribution in [3.8, 4) is 0 Å². The maximum atomic E-state index is 13.4. The summed E-state index contributed by atoms with van der Waals surface area (Å²) in [4.78, 5) is 3.55. The summed E-state index contributed by atoms with van der Waals surface area (Å²) in [5.74, 6) is -0.390. The molecule has 84 valence electrons. The fourth-order valence-corrected chi connectivity index (χ4v) is 2.11. The first-order valence-electron chi connectivity index (χ1n) is 5.18. The van der Waals surface area contributed by atoms with E-state index in [9.17, 15) is 9.50 Å². The Bertz CT molecular complexity index is 305. The number of nitrogens with zero attached hydrogens (tertiary/aromatic N) is 1. The first-order chi connectivity index (χ1) is 7.00. The highest BCUT2D eigenvalue weighted by Crippen LogP contribution is 2.38. The molecule has 1 N–H and O–H groups in total. The zero-order valence-electron chi connectivity index (χ0n) is 9.33. The number of hydrogen-bond donors (Lipinski definition) is 1. The molecule has 1 aliphatic rings. The van der Waals surface area contributed by atoms with Crippen LogP contribution in [-0.2, 0) is 0 Å². The molecule has 0 aromatic heterocycles. The third-order valence-corrected chi connectivity index (χ3v) is 2.89. The van der Waals surface area contributed by atoms with Crippen molar-refractivity contribution < 1.29 is 9.50 Å². The summed E-state index contributed by atoms with van der Waals surface area (Å²) in [6.07, 6.45) is 5.32. The summed E-state index contributed by atoms with van der Waals surface area (Å²) in [6, 6.07) is 0. The molecule has 0 radical (unpaired) electrons. The molecule has 3 heteroatoms. The molecule has 1 fully saturated rings. The van der Waals surface area contributed by atoms with Crippen LogP contribution in [0.2, 0.25) is 0 Å². The van der Waals surface area contributed by atoms with Gasteiger partial charge in [0.1, 0.15) is 0 Å². The molecule has 2 unspecified atom stereocenters. The lowest BCUT2D eigenvalue weighted by Gasteiger charge is -2.16. The zero-order valence-corrected chi connectivity index (χ0v) is 9.33. The van der Waals surface area contributed by atoms with Gasteiger partial charge in [-0.25, -0.2) is 0 Å². The smallest absolute Gasteiger partial charge is 0.211 e. The molecular formula is C12H18FNO. The number of aliphatic imine (C=N–C) groups is 1. The van der Waals surface area contributed by atoms with Crippen molar-refractivity contribution in [2.75, 3.05) is 7.05 Å². The van der Waals surface area contributed by atoms with Crippen molar-refractivity contribution in [1.29, 1.82) is 0 Å². The van der Waals surface area contributed by atoms with Gasteiger partial charge in [-0.3, -0.25) is 4.99 Å². The topological polar surface area (TPSA) is 32.6 Å². The molecule has 2 atom stereocenters. The minimum Gasteiger partial charge on any atom is -0.390 e. The van der Waals surface area contributed by atoms with E-state index in [1.165, 1.54) is 7.05 Å². The molecule has 0 saturated heterocycles. The van der Waals surface area contributed by atoms with Crippen LogP contribution in [0.25, 0.3) is 0 Å². The Morgan fingerprint density at radius 1 is 1.67 bits per heavy atom. The zero-order chi connectivity index (χ0) is 11.5. The van der Waals surface area contributed by atoms with Crippen LogP contribution in [0.15, 0.2) is 29.3 Å². The van der Waals surface area contributed by atoms with Crippen molar-refractivity contribution in [2.24, 2.45) is 10.9 Å². The second-order valence-electron chi connectivity index (χ2n) is 4.31. The molecule has 1 rings (SSSR count). The molecule has 15 heavy (non-hydrogen) atoms. The van der Waals surface area contributed by atoms with Crippen molar-refractivity contribution in [3.05, 3.63) is 24.3 Å². The van der Waals surface area contributed by atoms with Gasteiger partial charge in [-0.2, -0.15) is 4.39 Å². The van der Waals surface area contributed by atoms with Crippen LogP contribution in [0.1, 0.15) is 26.2 Å². The van der Waals surface area contributed by atoms with Crippen molar-refractivity contribution in [3.63, 3.8) is 0 Å². The van der Waals surface area contributed by atoms with Gasteiger partial charge in [0.15, 0.2) is 0 Å². The van der Waals surface area contributed by atoms with Crippen molar-refractivity contribution >= 4 is 5.97 Å². The molecule has 1 saturated carbocycles. The molecule has 2 nitrogen and oxygen atoms in total. The average Bonchev–Trinajstić information content (AvgIpc) is 2.54. The summed E-state index contributed by atoms with van der Waals surface area (Å²) in [5, 5.41) is 9.82. The maximum Gasteiger partial charge on any atom is 0.211 e. The van der Waals surface area contributed by atoms with Gasteiger partial charge in [-0.1, -0.05) is 18.7 Å². The van der Waals surface area contributed by atoms with Crippen LogP contribution < -0.4 is 0 Å². The fraction of sp³-hybridized carbons (Fsp3) is 0.583. The summed E-state index contributed by atoms with van der Waals surface area (Å²) in [5.41, 5.74) is -0.107. The van der Waals surface area contributed by atoms with E-state index in [1.54, 1.807) is 19.1 Å². The van der Waals surface area contributed by atoms with E-state index in [0.29, 0.717) is 18.4 Å². The molecule has 0 heterocycles. The number of halogens is 1. The van der Waals surface area contributed by atoms with Gasteiger partial charge in [0.25, 0.3) is 0 Å². The SMILES string of the molecule is C=C/C=C(\C(F)=NC)C1CCC(C)(O)C1. The van der Waals surface area contributed by atoms with Gasteiger partial charge in [0.2, 0.25) is 5.97 Å². The van der Waals surface area contributed by atoms with Crippen LogP contribution >= 0.6 is 0 Å². The third-order valence-electron chi connectivity index (χ3n) is 2.89. The number of rotatable bonds is 3. The lowest BCUT2D eigenvalue weighted by molar-refractivity contribution is 0.0652. The summed E-state index contributed by atoms with van der Waals surface area (Å²) in [7, 11) is 1.43. The largest absolute Gasteiger partial charge is 0.390 e. The molecule has 1 aliphatic carbocycles. The summed E-state index contributed by atoms with van der Waals surface area (Å²) >= 11 is 0. The van der Waals surface area contributed by atoms with Gasteiger partial charge < -0.3 is 5.11 Å². The predicted octanol–water partition coefficient (Wildman–Crippen LogP) is 2.65.